The average Bonchev–Trinajstić information content (AvgIpc) is 3.52. The summed E-state index contributed by atoms with van der Waals surface area (Å²) in [5.74, 6) is -3.90. The van der Waals surface area contributed by atoms with Gasteiger partial charge in [-0.05, 0) is 11.1 Å². The lowest BCUT2D eigenvalue weighted by Gasteiger charge is -2.34. The Hall–Kier alpha value is -4.60. The van der Waals surface area contributed by atoms with Crippen LogP contribution in [0.4, 0.5) is 5.69 Å². The number of hydrogen-bond acceptors (Lipinski definition) is 7. The van der Waals surface area contributed by atoms with E-state index in [2.05, 4.69) is 0 Å². The molecule has 1 unspecified atom stereocenters. The highest BCUT2D eigenvalue weighted by molar-refractivity contribution is 6.37. The van der Waals surface area contributed by atoms with Crippen LogP contribution in [0.1, 0.15) is 64.6 Å². The zero-order valence-corrected chi connectivity index (χ0v) is 20.9. The van der Waals surface area contributed by atoms with Crippen LogP contribution < -0.4 is 5.23 Å². The molecule has 1 aliphatic heterocycles. The van der Waals surface area contributed by atoms with Crippen molar-refractivity contribution in [1.82, 2.24) is 0 Å². The molecular formula is C32H21NO7. The van der Waals surface area contributed by atoms with E-state index in [1.807, 2.05) is 0 Å². The van der Waals surface area contributed by atoms with Gasteiger partial charge in [0.15, 0.2) is 17.3 Å². The number of carbonyl (C=O) groups excluding carboxylic acids is 4. The first kappa shape index (κ1) is 24.4. The first-order valence-electron chi connectivity index (χ1n) is 12.8. The summed E-state index contributed by atoms with van der Waals surface area (Å²) in [4.78, 5) is 57.9. The fourth-order valence-electron chi connectivity index (χ4n) is 6.81. The summed E-state index contributed by atoms with van der Waals surface area (Å²) in [5.41, 5.74) is -3.20. The van der Waals surface area contributed by atoms with Crippen LogP contribution in [-0.2, 0) is 4.74 Å². The van der Waals surface area contributed by atoms with Crippen molar-refractivity contribution in [3.63, 3.8) is 0 Å². The molecule has 196 valence electrons. The summed E-state index contributed by atoms with van der Waals surface area (Å²) < 4.78 is 6.59. The minimum Gasteiger partial charge on any atom is -0.595 e. The highest BCUT2D eigenvalue weighted by Gasteiger charge is 2.79. The zero-order valence-electron chi connectivity index (χ0n) is 20.9. The molecule has 2 spiro atoms. The van der Waals surface area contributed by atoms with Crippen molar-refractivity contribution in [2.75, 3.05) is 0 Å². The molecule has 1 saturated heterocycles. The average molecular weight is 532 g/mol. The van der Waals surface area contributed by atoms with Gasteiger partial charge in [0.2, 0.25) is 17.2 Å². The van der Waals surface area contributed by atoms with Gasteiger partial charge >= 0.3 is 0 Å². The van der Waals surface area contributed by atoms with Crippen LogP contribution in [0.25, 0.3) is 0 Å². The van der Waals surface area contributed by atoms with E-state index in [0.717, 1.165) is 0 Å². The Morgan fingerprint density at radius 2 is 1.10 bits per heavy atom. The summed E-state index contributed by atoms with van der Waals surface area (Å²) in [6, 6.07) is 27.0. The molecule has 8 nitrogen and oxygen atoms in total. The van der Waals surface area contributed by atoms with Crippen LogP contribution in [-0.4, -0.2) is 33.9 Å². The van der Waals surface area contributed by atoms with Crippen LogP contribution in [0.15, 0.2) is 103 Å². The van der Waals surface area contributed by atoms with Gasteiger partial charge in [-0.15, -0.1) is 0 Å². The number of Topliss-reactive ketones (excluding diaryl/α,β-unsaturated/α-hetero) is 4. The molecule has 0 radical (unpaired) electrons. The Morgan fingerprint density at radius 1 is 0.625 bits per heavy atom. The number of fused-ring (bicyclic) bond motifs is 2. The van der Waals surface area contributed by atoms with E-state index in [9.17, 15) is 29.6 Å². The summed E-state index contributed by atoms with van der Waals surface area (Å²) in [6.07, 6.45) is -1.30. The number of benzene rings is 4. The van der Waals surface area contributed by atoms with E-state index in [1.165, 1.54) is 30.3 Å². The van der Waals surface area contributed by atoms with Gasteiger partial charge in [0, 0.05) is 34.4 Å². The number of quaternary nitrogens is 1. The van der Waals surface area contributed by atoms with Crippen LogP contribution in [0.5, 0.6) is 0 Å². The highest BCUT2D eigenvalue weighted by atomic mass is 16.8. The molecule has 40 heavy (non-hydrogen) atoms. The largest absolute Gasteiger partial charge is 0.595 e. The monoisotopic (exact) mass is 531 g/mol. The molecule has 1 heterocycles. The normalized spacial score (nSPS) is 22.6. The fraction of sp³-hybridized carbons (Fsp3) is 0.125. The lowest BCUT2D eigenvalue weighted by molar-refractivity contribution is -0.991. The first-order chi connectivity index (χ1) is 19.3. The van der Waals surface area contributed by atoms with Crippen LogP contribution in [0.3, 0.4) is 0 Å². The summed E-state index contributed by atoms with van der Waals surface area (Å²) in [7, 11) is 0. The van der Waals surface area contributed by atoms with E-state index in [-0.39, 0.29) is 33.5 Å². The Bertz CT molecular complexity index is 1690. The summed E-state index contributed by atoms with van der Waals surface area (Å²) in [6.45, 7) is 0. The number of nitrogens with one attached hydrogen (secondary N) is 1. The molecule has 3 atom stereocenters. The maximum absolute atomic E-state index is 14.6. The minimum absolute atomic E-state index is 0.114. The van der Waals surface area contributed by atoms with E-state index >= 15 is 0 Å². The van der Waals surface area contributed by atoms with Crippen molar-refractivity contribution in [1.29, 1.82) is 0 Å². The molecule has 0 bridgehead atoms. The van der Waals surface area contributed by atoms with Gasteiger partial charge < -0.3 is 9.94 Å². The maximum Gasteiger partial charge on any atom is 0.204 e. The van der Waals surface area contributed by atoms with Crippen LogP contribution in [0.2, 0.25) is 0 Å². The molecule has 0 aromatic heterocycles. The SMILES string of the molecule is O=C1c2ccccc2C(=O)C12O[C@H](c1ccccc1)C1(C(=O)c3ccccc3C1=O)[C@H]2c1cccc([NH+]([O-])O)c1. The number of ether oxygens (including phenoxy) is 1. The number of rotatable bonds is 3. The molecule has 4 aromatic carbocycles. The Labute approximate surface area is 228 Å². The predicted molar refractivity (Wildman–Crippen MR) is 141 cm³/mol. The molecule has 8 heteroatoms. The van der Waals surface area contributed by atoms with Gasteiger partial charge in [-0.1, -0.05) is 91.0 Å². The summed E-state index contributed by atoms with van der Waals surface area (Å²) in [5, 5.41) is 20.6. The third kappa shape index (κ3) is 2.88. The van der Waals surface area contributed by atoms with Crippen molar-refractivity contribution in [3.8, 4) is 0 Å². The topological polar surface area (TPSA) is 125 Å². The molecule has 2 N–H and O–H groups in total. The summed E-state index contributed by atoms with van der Waals surface area (Å²) >= 11 is 0. The van der Waals surface area contributed by atoms with Gasteiger partial charge in [-0.3, -0.25) is 19.2 Å². The third-order valence-corrected chi connectivity index (χ3v) is 8.41. The molecule has 1 fully saturated rings. The second-order valence-electron chi connectivity index (χ2n) is 10.3. The van der Waals surface area contributed by atoms with Crippen LogP contribution >= 0.6 is 0 Å². The van der Waals surface area contributed by atoms with E-state index in [1.54, 1.807) is 72.8 Å². The minimum atomic E-state index is -2.27. The number of carbonyl (C=O) groups is 4. The smallest absolute Gasteiger partial charge is 0.204 e. The number of hydrogen-bond donors (Lipinski definition) is 2. The highest BCUT2D eigenvalue weighted by Crippen LogP contribution is 2.67. The van der Waals surface area contributed by atoms with Gasteiger partial charge in [-0.25, -0.2) is 5.21 Å². The molecule has 7 rings (SSSR count). The van der Waals surface area contributed by atoms with Crippen molar-refractivity contribution < 1.29 is 34.3 Å². The number of ketones is 4. The first-order valence-corrected chi connectivity index (χ1v) is 12.8. The second-order valence-corrected chi connectivity index (χ2v) is 10.3. The van der Waals surface area contributed by atoms with E-state index in [0.29, 0.717) is 5.56 Å². The van der Waals surface area contributed by atoms with Gasteiger partial charge in [0.05, 0.1) is 5.92 Å². The van der Waals surface area contributed by atoms with Gasteiger partial charge in [0.1, 0.15) is 11.5 Å². The molecular weight excluding hydrogens is 510 g/mol. The van der Waals surface area contributed by atoms with Crippen molar-refractivity contribution >= 4 is 28.8 Å². The third-order valence-electron chi connectivity index (χ3n) is 8.41. The maximum atomic E-state index is 14.6. The second kappa shape index (κ2) is 8.45. The fourth-order valence-corrected chi connectivity index (χ4v) is 6.81. The van der Waals surface area contributed by atoms with E-state index in [4.69, 9.17) is 4.74 Å². The molecule has 0 amide bonds. The lowest BCUT2D eigenvalue weighted by Crippen LogP contribution is -2.99. The van der Waals surface area contributed by atoms with Crippen LogP contribution in [0, 0.1) is 10.6 Å². The van der Waals surface area contributed by atoms with Crippen molar-refractivity contribution in [3.05, 3.63) is 142 Å². The van der Waals surface area contributed by atoms with Crippen molar-refractivity contribution in [2.45, 2.75) is 17.6 Å². The van der Waals surface area contributed by atoms with Crippen molar-refractivity contribution in [2.24, 2.45) is 5.41 Å². The zero-order chi connectivity index (χ0) is 27.8. The molecule has 2 aliphatic carbocycles. The van der Waals surface area contributed by atoms with E-state index < -0.39 is 51.4 Å². The Morgan fingerprint density at radius 3 is 1.62 bits per heavy atom. The Kier molecular flexibility index (Phi) is 5.16. The van der Waals surface area contributed by atoms with Gasteiger partial charge in [0.25, 0.3) is 0 Å². The predicted octanol–water partition coefficient (Wildman–Crippen LogP) is 3.83. The molecule has 0 saturated carbocycles. The lowest BCUT2D eigenvalue weighted by atomic mass is 9.60. The quantitative estimate of drug-likeness (QED) is 0.304. The molecule has 3 aliphatic rings. The van der Waals surface area contributed by atoms with Gasteiger partial charge in [-0.2, -0.15) is 5.23 Å². The molecule has 4 aromatic rings. The Balaban J connectivity index is 1.60. The standard InChI is InChI=1S/C32H21NO7/c34-26-21-13-4-5-14-22(21)27(35)31(26)25(19-11-8-12-20(17-19)33(38)39)32(40-30(31)18-9-2-1-3-10-18)28(36)23-15-6-7-16-24(23)29(32)37/h1-17,25,30,33,38H/t25-,30-/m1/s1.